The number of hydrogen-bond donors (Lipinski definition) is 0. The summed E-state index contributed by atoms with van der Waals surface area (Å²) in [5, 5.41) is 0. The van der Waals surface area contributed by atoms with Crippen LogP contribution in [0.25, 0.3) is 11.4 Å². The number of carbonyl (C=O) groups excluding carboxylic acids is 1. The van der Waals surface area contributed by atoms with E-state index in [9.17, 15) is 4.79 Å². The number of benzene rings is 2. The Morgan fingerprint density at radius 1 is 1.10 bits per heavy atom. The minimum absolute atomic E-state index is 0.204. The first-order valence-corrected chi connectivity index (χ1v) is 9.74. The van der Waals surface area contributed by atoms with E-state index in [-0.39, 0.29) is 5.91 Å². The second-order valence-electron chi connectivity index (χ2n) is 7.24. The van der Waals surface area contributed by atoms with E-state index >= 15 is 0 Å². The van der Waals surface area contributed by atoms with Crippen molar-refractivity contribution in [3.63, 3.8) is 0 Å². The second-order valence-corrected chi connectivity index (χ2v) is 7.24. The van der Waals surface area contributed by atoms with Gasteiger partial charge in [0.2, 0.25) is 5.91 Å². The van der Waals surface area contributed by atoms with Crippen molar-refractivity contribution in [1.82, 2.24) is 9.55 Å². The van der Waals surface area contributed by atoms with Crippen molar-refractivity contribution in [3.05, 3.63) is 59.9 Å². The van der Waals surface area contributed by atoms with Gasteiger partial charge in [0.25, 0.3) is 0 Å². The third kappa shape index (κ3) is 3.70. The number of nitrogens with zero attached hydrogens (tertiary/aromatic N) is 3. The van der Waals surface area contributed by atoms with E-state index in [1.165, 1.54) is 0 Å². The molecule has 1 fully saturated rings. The summed E-state index contributed by atoms with van der Waals surface area (Å²) in [6, 6.07) is 12.2. The Bertz CT molecular complexity index is 1020. The summed E-state index contributed by atoms with van der Waals surface area (Å²) in [6.07, 6.45) is 5.32. The molecule has 2 aromatic carbocycles. The lowest BCUT2D eigenvalue weighted by Crippen LogP contribution is -2.23. The van der Waals surface area contributed by atoms with Gasteiger partial charge in [0.1, 0.15) is 5.82 Å². The zero-order valence-electron chi connectivity index (χ0n) is 17.0. The molecule has 3 aromatic rings. The molecule has 29 heavy (non-hydrogen) atoms. The van der Waals surface area contributed by atoms with Crippen molar-refractivity contribution in [2.45, 2.75) is 26.3 Å². The van der Waals surface area contributed by atoms with Crippen molar-refractivity contribution in [1.29, 1.82) is 0 Å². The predicted octanol–water partition coefficient (Wildman–Crippen LogP) is 4.05. The minimum atomic E-state index is 0.204. The maximum atomic E-state index is 11.9. The van der Waals surface area contributed by atoms with Crippen LogP contribution in [-0.4, -0.2) is 36.2 Å². The quantitative estimate of drug-likeness (QED) is 0.636. The first-order valence-electron chi connectivity index (χ1n) is 9.74. The first-order chi connectivity index (χ1) is 14.1. The number of methoxy groups -OCH3 is 2. The molecule has 0 spiro atoms. The SMILES string of the molecule is COc1cc(C)cc(-c2nccn2Cc2ccc(N3CCCC3=O)cc2)c1OC. The van der Waals surface area contributed by atoms with E-state index in [0.717, 1.165) is 41.2 Å². The van der Waals surface area contributed by atoms with E-state index < -0.39 is 0 Å². The largest absolute Gasteiger partial charge is 0.493 e. The zero-order chi connectivity index (χ0) is 20.4. The van der Waals surface area contributed by atoms with Crippen molar-refractivity contribution >= 4 is 11.6 Å². The highest BCUT2D eigenvalue weighted by molar-refractivity contribution is 5.95. The average Bonchev–Trinajstić information content (AvgIpc) is 3.36. The molecule has 0 unspecified atom stereocenters. The lowest BCUT2D eigenvalue weighted by molar-refractivity contribution is -0.117. The Hall–Kier alpha value is -3.28. The number of aromatic nitrogens is 2. The van der Waals surface area contributed by atoms with Gasteiger partial charge in [0.15, 0.2) is 11.5 Å². The zero-order valence-corrected chi connectivity index (χ0v) is 17.0. The van der Waals surface area contributed by atoms with Gasteiger partial charge in [-0.3, -0.25) is 4.79 Å². The van der Waals surface area contributed by atoms with Crippen molar-refractivity contribution in [2.24, 2.45) is 0 Å². The topological polar surface area (TPSA) is 56.6 Å². The third-order valence-corrected chi connectivity index (χ3v) is 5.25. The summed E-state index contributed by atoms with van der Waals surface area (Å²) < 4.78 is 13.2. The van der Waals surface area contributed by atoms with Crippen LogP contribution in [0.15, 0.2) is 48.8 Å². The first kappa shape index (κ1) is 19.1. The van der Waals surface area contributed by atoms with Crippen LogP contribution in [-0.2, 0) is 11.3 Å². The number of ether oxygens (including phenoxy) is 2. The number of anilines is 1. The number of hydrogen-bond acceptors (Lipinski definition) is 4. The molecule has 1 saturated heterocycles. The van der Waals surface area contributed by atoms with Crippen molar-refractivity contribution in [2.75, 3.05) is 25.7 Å². The van der Waals surface area contributed by atoms with Gasteiger partial charge in [0.05, 0.1) is 19.8 Å². The second kappa shape index (κ2) is 7.99. The molecule has 6 nitrogen and oxygen atoms in total. The smallest absolute Gasteiger partial charge is 0.227 e. The van der Waals surface area contributed by atoms with Crippen LogP contribution >= 0.6 is 0 Å². The summed E-state index contributed by atoms with van der Waals surface area (Å²) in [7, 11) is 3.28. The normalized spacial score (nSPS) is 13.8. The minimum Gasteiger partial charge on any atom is -0.493 e. The Morgan fingerprint density at radius 3 is 2.55 bits per heavy atom. The molecule has 0 saturated carbocycles. The summed E-state index contributed by atoms with van der Waals surface area (Å²) in [4.78, 5) is 18.4. The fourth-order valence-corrected chi connectivity index (χ4v) is 3.85. The van der Waals surface area contributed by atoms with Gasteiger partial charge in [-0.1, -0.05) is 12.1 Å². The van der Waals surface area contributed by atoms with E-state index in [2.05, 4.69) is 27.8 Å². The van der Waals surface area contributed by atoms with Crippen LogP contribution in [0.3, 0.4) is 0 Å². The van der Waals surface area contributed by atoms with Crippen molar-refractivity contribution < 1.29 is 14.3 Å². The highest BCUT2D eigenvalue weighted by atomic mass is 16.5. The standard InChI is InChI=1S/C23H25N3O3/c1-16-13-19(22(29-3)20(14-16)28-2)23-24-10-12-25(23)15-17-6-8-18(9-7-17)26-11-4-5-21(26)27/h6-10,12-14H,4-5,11,15H2,1-3H3. The van der Waals surface area contributed by atoms with Crippen LogP contribution in [0.2, 0.25) is 0 Å². The van der Waals surface area contributed by atoms with Gasteiger partial charge < -0.3 is 18.9 Å². The molecule has 0 N–H and O–H groups in total. The predicted molar refractivity (Wildman–Crippen MR) is 113 cm³/mol. The van der Waals surface area contributed by atoms with Crippen LogP contribution in [0, 0.1) is 6.92 Å². The lowest BCUT2D eigenvalue weighted by Gasteiger charge is -2.17. The van der Waals surface area contributed by atoms with Gasteiger partial charge >= 0.3 is 0 Å². The Balaban J connectivity index is 1.62. The number of amides is 1. The highest BCUT2D eigenvalue weighted by Gasteiger charge is 2.21. The van der Waals surface area contributed by atoms with E-state index in [1.807, 2.05) is 36.2 Å². The summed E-state index contributed by atoms with van der Waals surface area (Å²) >= 11 is 0. The molecule has 0 radical (unpaired) electrons. The average molecular weight is 391 g/mol. The van der Waals surface area contributed by atoms with Crippen LogP contribution in [0.4, 0.5) is 5.69 Å². The number of rotatable bonds is 6. The number of imidazole rings is 1. The molecule has 1 aliphatic rings. The van der Waals surface area contributed by atoms with Gasteiger partial charge in [-0.05, 0) is 48.7 Å². The van der Waals surface area contributed by atoms with Gasteiger partial charge in [-0.25, -0.2) is 4.98 Å². The van der Waals surface area contributed by atoms with E-state index in [4.69, 9.17) is 9.47 Å². The summed E-state index contributed by atoms with van der Waals surface area (Å²) in [5.74, 6) is 2.39. The summed E-state index contributed by atoms with van der Waals surface area (Å²) in [6.45, 7) is 3.50. The van der Waals surface area contributed by atoms with Gasteiger partial charge in [-0.2, -0.15) is 0 Å². The maximum absolute atomic E-state index is 11.9. The molecule has 1 aromatic heterocycles. The number of aryl methyl sites for hydroxylation is 1. The number of carbonyl (C=O) groups is 1. The molecule has 6 heteroatoms. The fraction of sp³-hybridized carbons (Fsp3) is 0.304. The molecule has 2 heterocycles. The molecular formula is C23H25N3O3. The van der Waals surface area contributed by atoms with Gasteiger partial charge in [-0.15, -0.1) is 0 Å². The van der Waals surface area contributed by atoms with Gasteiger partial charge in [0, 0.05) is 37.6 Å². The Morgan fingerprint density at radius 2 is 1.90 bits per heavy atom. The highest BCUT2D eigenvalue weighted by Crippen LogP contribution is 2.38. The third-order valence-electron chi connectivity index (χ3n) is 5.25. The fourth-order valence-electron chi connectivity index (χ4n) is 3.85. The van der Waals surface area contributed by atoms with E-state index in [0.29, 0.717) is 24.5 Å². The molecule has 1 amide bonds. The molecule has 0 aliphatic carbocycles. The van der Waals surface area contributed by atoms with Crippen LogP contribution in [0.5, 0.6) is 11.5 Å². The molecule has 1 aliphatic heterocycles. The molecule has 0 bridgehead atoms. The monoisotopic (exact) mass is 391 g/mol. The van der Waals surface area contributed by atoms with Crippen LogP contribution in [0.1, 0.15) is 24.0 Å². The van der Waals surface area contributed by atoms with Crippen LogP contribution < -0.4 is 14.4 Å². The molecule has 150 valence electrons. The maximum Gasteiger partial charge on any atom is 0.227 e. The lowest BCUT2D eigenvalue weighted by atomic mass is 10.1. The van der Waals surface area contributed by atoms with E-state index in [1.54, 1.807) is 20.4 Å². The Kier molecular flexibility index (Phi) is 5.25. The Labute approximate surface area is 170 Å². The molecule has 0 atom stereocenters. The summed E-state index contributed by atoms with van der Waals surface area (Å²) in [5.41, 5.74) is 4.07. The molecule has 4 rings (SSSR count). The van der Waals surface area contributed by atoms with Crippen molar-refractivity contribution in [3.8, 4) is 22.9 Å². The molecular weight excluding hydrogens is 366 g/mol.